The highest BCUT2D eigenvalue weighted by molar-refractivity contribution is 6.33. The fourth-order valence-electron chi connectivity index (χ4n) is 3.70. The minimum Gasteiger partial charge on any atom is -0.369 e. The van der Waals surface area contributed by atoms with E-state index in [2.05, 4.69) is 52.0 Å². The molecule has 0 aliphatic carbocycles. The molecule has 5 nitrogen and oxygen atoms in total. The Labute approximate surface area is 205 Å². The Morgan fingerprint density at radius 2 is 1.85 bits per heavy atom. The van der Waals surface area contributed by atoms with Crippen LogP contribution in [0, 0.1) is 12.9 Å². The molecule has 178 valence electrons. The van der Waals surface area contributed by atoms with E-state index in [1.807, 2.05) is 31.2 Å². The standard InChI is InChI=1S/C27H30ClFN4O/c1-3-4-5-8-15-30-27-24(28)17-23(26(29)32-27)25(33-31-18-34)22-10-7-6-9-21(22)16-20-13-11-19(2)12-14-20/h6-7,9-14,17-18H,3-5,8,15-16H2,1-2H3,(H,30,32)(H,31,34)/b33-25+. The molecular weight excluding hydrogens is 451 g/mol. The number of pyridine rings is 1. The first-order chi connectivity index (χ1) is 16.5. The van der Waals surface area contributed by atoms with Gasteiger partial charge in [0.05, 0.1) is 10.6 Å². The van der Waals surface area contributed by atoms with Gasteiger partial charge in [0.1, 0.15) is 11.5 Å². The first-order valence-electron chi connectivity index (χ1n) is 11.5. The first kappa shape index (κ1) is 25.4. The number of hydrogen-bond donors (Lipinski definition) is 2. The third-order valence-corrected chi connectivity index (χ3v) is 5.81. The predicted molar refractivity (Wildman–Crippen MR) is 137 cm³/mol. The molecule has 1 amide bonds. The Morgan fingerprint density at radius 1 is 1.09 bits per heavy atom. The number of rotatable bonds is 12. The number of carbonyl (C=O) groups is 1. The molecule has 0 fully saturated rings. The fourth-order valence-corrected chi connectivity index (χ4v) is 3.92. The summed E-state index contributed by atoms with van der Waals surface area (Å²) >= 11 is 6.45. The Hall–Kier alpha value is -3.25. The molecule has 0 spiro atoms. The summed E-state index contributed by atoms with van der Waals surface area (Å²) < 4.78 is 15.2. The molecule has 0 saturated carbocycles. The van der Waals surface area contributed by atoms with Crippen LogP contribution in [0.15, 0.2) is 59.7 Å². The number of aryl methyl sites for hydroxylation is 1. The number of anilines is 1. The van der Waals surface area contributed by atoms with Crippen LogP contribution in [0.4, 0.5) is 10.2 Å². The second-order valence-corrected chi connectivity index (χ2v) is 8.58. The highest BCUT2D eigenvalue weighted by atomic mass is 35.5. The molecule has 1 aromatic heterocycles. The van der Waals surface area contributed by atoms with Crippen molar-refractivity contribution in [3.63, 3.8) is 0 Å². The van der Waals surface area contributed by atoms with Crippen LogP contribution in [-0.4, -0.2) is 23.7 Å². The van der Waals surface area contributed by atoms with Crippen molar-refractivity contribution >= 4 is 29.5 Å². The first-order valence-corrected chi connectivity index (χ1v) is 11.9. The third kappa shape index (κ3) is 6.87. The van der Waals surface area contributed by atoms with Gasteiger partial charge < -0.3 is 5.32 Å². The normalized spacial score (nSPS) is 11.4. The quantitative estimate of drug-likeness (QED) is 0.106. The van der Waals surface area contributed by atoms with Crippen LogP contribution in [0.5, 0.6) is 0 Å². The Bertz CT molecular complexity index is 1130. The lowest BCUT2D eigenvalue weighted by atomic mass is 9.94. The summed E-state index contributed by atoms with van der Waals surface area (Å²) in [6.07, 6.45) is 5.41. The molecule has 0 saturated heterocycles. The Kier molecular flexibility index (Phi) is 9.59. The van der Waals surface area contributed by atoms with Gasteiger partial charge in [-0.05, 0) is 37.0 Å². The number of unbranched alkanes of at least 4 members (excludes halogenated alkanes) is 3. The molecule has 3 aromatic rings. The number of benzene rings is 2. The van der Waals surface area contributed by atoms with Crippen molar-refractivity contribution in [2.24, 2.45) is 5.10 Å². The Morgan fingerprint density at radius 3 is 2.59 bits per heavy atom. The second-order valence-electron chi connectivity index (χ2n) is 8.17. The molecule has 1 heterocycles. The van der Waals surface area contributed by atoms with E-state index in [9.17, 15) is 4.79 Å². The summed E-state index contributed by atoms with van der Waals surface area (Å²) in [7, 11) is 0. The lowest BCUT2D eigenvalue weighted by Crippen LogP contribution is -2.16. The number of aromatic nitrogens is 1. The van der Waals surface area contributed by atoms with Gasteiger partial charge >= 0.3 is 0 Å². The van der Waals surface area contributed by atoms with Crippen molar-refractivity contribution in [1.82, 2.24) is 10.4 Å². The lowest BCUT2D eigenvalue weighted by Gasteiger charge is -2.15. The van der Waals surface area contributed by atoms with Gasteiger partial charge in [-0.25, -0.2) is 10.4 Å². The van der Waals surface area contributed by atoms with Crippen molar-refractivity contribution in [1.29, 1.82) is 0 Å². The summed E-state index contributed by atoms with van der Waals surface area (Å²) in [5, 5.41) is 7.58. The molecule has 2 N–H and O–H groups in total. The van der Waals surface area contributed by atoms with E-state index in [-0.39, 0.29) is 11.3 Å². The van der Waals surface area contributed by atoms with E-state index >= 15 is 4.39 Å². The van der Waals surface area contributed by atoms with Crippen LogP contribution in [0.2, 0.25) is 5.02 Å². The lowest BCUT2D eigenvalue weighted by molar-refractivity contribution is -0.109. The zero-order valence-corrected chi connectivity index (χ0v) is 20.3. The summed E-state index contributed by atoms with van der Waals surface area (Å²) in [6, 6.07) is 17.3. The van der Waals surface area contributed by atoms with Gasteiger partial charge in [-0.15, -0.1) is 0 Å². The highest BCUT2D eigenvalue weighted by Crippen LogP contribution is 2.26. The maximum atomic E-state index is 15.2. The summed E-state index contributed by atoms with van der Waals surface area (Å²) in [5.41, 5.74) is 6.61. The van der Waals surface area contributed by atoms with Gasteiger partial charge in [0, 0.05) is 12.1 Å². The molecule has 0 aliphatic heterocycles. The Balaban J connectivity index is 1.93. The van der Waals surface area contributed by atoms with Crippen LogP contribution in [-0.2, 0) is 11.2 Å². The number of amides is 1. The van der Waals surface area contributed by atoms with Crippen LogP contribution < -0.4 is 10.7 Å². The molecule has 0 aliphatic rings. The number of nitrogens with one attached hydrogen (secondary N) is 2. The van der Waals surface area contributed by atoms with E-state index in [0.717, 1.165) is 36.8 Å². The topological polar surface area (TPSA) is 66.4 Å². The molecule has 0 radical (unpaired) electrons. The van der Waals surface area contributed by atoms with Crippen molar-refractivity contribution in [2.75, 3.05) is 11.9 Å². The summed E-state index contributed by atoms with van der Waals surface area (Å²) in [4.78, 5) is 15.1. The zero-order chi connectivity index (χ0) is 24.3. The van der Waals surface area contributed by atoms with Crippen LogP contribution >= 0.6 is 11.6 Å². The maximum Gasteiger partial charge on any atom is 0.227 e. The smallest absolute Gasteiger partial charge is 0.227 e. The number of nitrogens with zero attached hydrogens (tertiary/aromatic N) is 2. The largest absolute Gasteiger partial charge is 0.369 e. The van der Waals surface area contributed by atoms with Gasteiger partial charge in [-0.1, -0.05) is 91.9 Å². The van der Waals surface area contributed by atoms with Gasteiger partial charge in [-0.3, -0.25) is 4.79 Å². The second kappa shape index (κ2) is 12.8. The molecule has 7 heteroatoms. The molecule has 34 heavy (non-hydrogen) atoms. The van der Waals surface area contributed by atoms with Gasteiger partial charge in [0.15, 0.2) is 0 Å². The highest BCUT2D eigenvalue weighted by Gasteiger charge is 2.19. The number of hydrazone groups is 1. The average molecular weight is 481 g/mol. The molecule has 0 unspecified atom stereocenters. The average Bonchev–Trinajstić information content (AvgIpc) is 2.84. The van der Waals surface area contributed by atoms with Crippen molar-refractivity contribution in [3.8, 4) is 0 Å². The third-order valence-electron chi connectivity index (χ3n) is 5.52. The predicted octanol–water partition coefficient (Wildman–Crippen LogP) is 6.26. The SMILES string of the molecule is CCCCCCNc1nc(F)c(/C(=N/NC=O)c2ccccc2Cc2ccc(C)cc2)cc1Cl. The fraction of sp³-hybridized carbons (Fsp3) is 0.296. The van der Waals surface area contributed by atoms with Crippen LogP contribution in [0.25, 0.3) is 0 Å². The van der Waals surface area contributed by atoms with Crippen LogP contribution in [0.1, 0.15) is 60.4 Å². The summed E-state index contributed by atoms with van der Waals surface area (Å²) in [5.74, 6) is -0.410. The minimum atomic E-state index is -0.711. The molecule has 3 rings (SSSR count). The van der Waals surface area contributed by atoms with Gasteiger partial charge in [0.25, 0.3) is 0 Å². The number of carbonyl (C=O) groups excluding carboxylic acids is 1. The van der Waals surface area contributed by atoms with Gasteiger partial charge in [-0.2, -0.15) is 9.49 Å². The van der Waals surface area contributed by atoms with Gasteiger partial charge in [0.2, 0.25) is 12.4 Å². The van der Waals surface area contributed by atoms with Crippen molar-refractivity contribution in [3.05, 3.63) is 93.4 Å². The van der Waals surface area contributed by atoms with Crippen molar-refractivity contribution in [2.45, 2.75) is 46.0 Å². The van der Waals surface area contributed by atoms with Crippen molar-refractivity contribution < 1.29 is 9.18 Å². The monoisotopic (exact) mass is 480 g/mol. The summed E-state index contributed by atoms with van der Waals surface area (Å²) in [6.45, 7) is 4.85. The van der Waals surface area contributed by atoms with E-state index in [4.69, 9.17) is 11.6 Å². The zero-order valence-electron chi connectivity index (χ0n) is 19.6. The van der Waals surface area contributed by atoms with E-state index in [0.29, 0.717) is 35.8 Å². The van der Waals surface area contributed by atoms with E-state index in [1.165, 1.54) is 11.6 Å². The van der Waals surface area contributed by atoms with Crippen LogP contribution in [0.3, 0.4) is 0 Å². The molecule has 0 bridgehead atoms. The van der Waals surface area contributed by atoms with E-state index in [1.54, 1.807) is 0 Å². The minimum absolute atomic E-state index is 0.118. The van der Waals surface area contributed by atoms with E-state index < -0.39 is 5.95 Å². The maximum absolute atomic E-state index is 15.2. The molecule has 0 atom stereocenters. The molecule has 2 aromatic carbocycles. The number of halogens is 2. The molecular formula is C27H30ClFN4O. The number of hydrogen-bond acceptors (Lipinski definition) is 4.